The van der Waals surface area contributed by atoms with Gasteiger partial charge in [-0.3, -0.25) is 14.7 Å². The molecule has 24 heavy (non-hydrogen) atoms. The van der Waals surface area contributed by atoms with Gasteiger partial charge in [-0.15, -0.1) is 24.0 Å². The second-order valence-electron chi connectivity index (χ2n) is 6.39. The Kier molecular flexibility index (Phi) is 8.79. The summed E-state index contributed by atoms with van der Waals surface area (Å²) in [4.78, 5) is 29.0. The predicted octanol–water partition coefficient (Wildman–Crippen LogP) is 1.68. The maximum absolute atomic E-state index is 11.5. The van der Waals surface area contributed by atoms with Crippen LogP contribution in [-0.2, 0) is 4.79 Å². The first-order chi connectivity index (χ1) is 11.1. The van der Waals surface area contributed by atoms with Crippen molar-refractivity contribution in [1.29, 1.82) is 0 Å². The van der Waals surface area contributed by atoms with Crippen LogP contribution < -0.4 is 16.0 Å². The molecule has 0 spiro atoms. The minimum Gasteiger partial charge on any atom is -0.357 e. The fourth-order valence-corrected chi connectivity index (χ4v) is 3.30. The first-order valence-corrected chi connectivity index (χ1v) is 8.70. The van der Waals surface area contributed by atoms with Gasteiger partial charge in [0, 0.05) is 26.2 Å². The van der Waals surface area contributed by atoms with E-state index in [0.29, 0.717) is 18.5 Å². The van der Waals surface area contributed by atoms with Crippen LogP contribution in [0.2, 0.25) is 0 Å². The molecule has 1 saturated carbocycles. The number of carbonyl (C=O) groups is 2. The second kappa shape index (κ2) is 10.0. The van der Waals surface area contributed by atoms with Crippen LogP contribution in [0.1, 0.15) is 46.0 Å². The van der Waals surface area contributed by atoms with E-state index in [-0.39, 0.29) is 42.5 Å². The number of rotatable bonds is 7. The van der Waals surface area contributed by atoms with Gasteiger partial charge in [0.15, 0.2) is 5.96 Å². The zero-order valence-corrected chi connectivity index (χ0v) is 17.0. The van der Waals surface area contributed by atoms with Gasteiger partial charge in [0.2, 0.25) is 5.91 Å². The minimum atomic E-state index is -0.311. The number of nitrogens with one attached hydrogen (secondary N) is 3. The maximum atomic E-state index is 11.5. The van der Waals surface area contributed by atoms with E-state index >= 15 is 0 Å². The summed E-state index contributed by atoms with van der Waals surface area (Å²) in [5.41, 5.74) is 0.354. The van der Waals surface area contributed by atoms with E-state index in [2.05, 4.69) is 22.9 Å². The van der Waals surface area contributed by atoms with Crippen LogP contribution in [0, 0.1) is 5.41 Å². The molecule has 0 atom stereocenters. The monoisotopic (exact) mass is 451 g/mol. The van der Waals surface area contributed by atoms with Crippen LogP contribution >= 0.6 is 24.0 Å². The van der Waals surface area contributed by atoms with Gasteiger partial charge in [-0.05, 0) is 31.6 Å². The van der Waals surface area contributed by atoms with Gasteiger partial charge in [-0.1, -0.05) is 19.8 Å². The van der Waals surface area contributed by atoms with Crippen LogP contribution in [0.25, 0.3) is 0 Å². The molecule has 0 unspecified atom stereocenters. The zero-order chi connectivity index (χ0) is 16.7. The summed E-state index contributed by atoms with van der Waals surface area (Å²) < 4.78 is 0. The SMILES string of the molecule is CCNC(=NCC1(CC)CCCC1)NCCN1C(=O)CNC1=O.I. The molecular formula is C16H30IN5O2. The average Bonchev–Trinajstić information content (AvgIpc) is 3.14. The number of guanidine groups is 1. The lowest BCUT2D eigenvalue weighted by molar-refractivity contribution is -0.124. The van der Waals surface area contributed by atoms with E-state index in [1.807, 2.05) is 6.92 Å². The fourth-order valence-electron chi connectivity index (χ4n) is 3.30. The highest BCUT2D eigenvalue weighted by Crippen LogP contribution is 2.41. The Balaban J connectivity index is 0.00000288. The molecule has 2 aliphatic rings. The van der Waals surface area contributed by atoms with Crippen molar-refractivity contribution >= 4 is 41.9 Å². The molecule has 3 amide bonds. The Labute approximate surface area is 161 Å². The molecule has 1 aliphatic heterocycles. The standard InChI is InChI=1S/C16H29N5O2.HI/c1-3-16(7-5-6-8-16)12-20-14(17-4-2)18-9-10-21-13(22)11-19-15(21)23;/h3-12H2,1-2H3,(H,19,23)(H2,17,18,20);1H. The number of carbonyl (C=O) groups excluding carboxylic acids is 2. The van der Waals surface area contributed by atoms with Gasteiger partial charge in [0.05, 0.1) is 6.54 Å². The smallest absolute Gasteiger partial charge is 0.324 e. The van der Waals surface area contributed by atoms with Crippen LogP contribution in [0.4, 0.5) is 4.79 Å². The molecule has 8 heteroatoms. The van der Waals surface area contributed by atoms with Gasteiger partial charge in [-0.2, -0.15) is 0 Å². The Morgan fingerprint density at radius 3 is 2.50 bits per heavy atom. The van der Waals surface area contributed by atoms with E-state index in [1.54, 1.807) is 0 Å². The topological polar surface area (TPSA) is 85.8 Å². The summed E-state index contributed by atoms with van der Waals surface area (Å²) in [6, 6.07) is -0.311. The molecule has 0 bridgehead atoms. The molecule has 0 aromatic rings. The highest BCUT2D eigenvalue weighted by atomic mass is 127. The van der Waals surface area contributed by atoms with E-state index < -0.39 is 0 Å². The number of nitrogens with zero attached hydrogens (tertiary/aromatic N) is 2. The highest BCUT2D eigenvalue weighted by molar-refractivity contribution is 14.0. The third-order valence-electron chi connectivity index (χ3n) is 4.90. The number of hydrogen-bond acceptors (Lipinski definition) is 3. The molecule has 0 aromatic heterocycles. The fraction of sp³-hybridized carbons (Fsp3) is 0.812. The lowest BCUT2D eigenvalue weighted by atomic mass is 9.84. The Morgan fingerprint density at radius 2 is 1.96 bits per heavy atom. The van der Waals surface area contributed by atoms with Gasteiger partial charge in [-0.25, -0.2) is 4.79 Å². The van der Waals surface area contributed by atoms with Crippen LogP contribution in [0.15, 0.2) is 4.99 Å². The third kappa shape index (κ3) is 5.49. The summed E-state index contributed by atoms with van der Waals surface area (Å²) in [7, 11) is 0. The van der Waals surface area contributed by atoms with Crippen molar-refractivity contribution in [3.05, 3.63) is 0 Å². The highest BCUT2D eigenvalue weighted by Gasteiger charge is 2.32. The first-order valence-electron chi connectivity index (χ1n) is 8.70. The van der Waals surface area contributed by atoms with Crippen LogP contribution in [-0.4, -0.2) is 55.5 Å². The van der Waals surface area contributed by atoms with Gasteiger partial charge < -0.3 is 16.0 Å². The zero-order valence-electron chi connectivity index (χ0n) is 14.7. The summed E-state index contributed by atoms with van der Waals surface area (Å²) in [5, 5.41) is 8.97. The molecular weight excluding hydrogens is 421 g/mol. The van der Waals surface area contributed by atoms with Crippen molar-refractivity contribution in [3.8, 4) is 0 Å². The van der Waals surface area contributed by atoms with E-state index in [1.165, 1.54) is 37.0 Å². The molecule has 3 N–H and O–H groups in total. The lowest BCUT2D eigenvalue weighted by Crippen LogP contribution is -2.43. The van der Waals surface area contributed by atoms with Gasteiger partial charge in [0.25, 0.3) is 0 Å². The molecule has 0 aromatic carbocycles. The van der Waals surface area contributed by atoms with E-state index in [0.717, 1.165) is 19.0 Å². The van der Waals surface area contributed by atoms with Crippen molar-refractivity contribution in [2.45, 2.75) is 46.0 Å². The summed E-state index contributed by atoms with van der Waals surface area (Å²) in [6.45, 7) is 6.86. The molecule has 1 aliphatic carbocycles. The molecule has 2 rings (SSSR count). The normalized spacial score (nSPS) is 19.9. The number of imide groups is 1. The molecule has 138 valence electrons. The number of halogens is 1. The van der Waals surface area contributed by atoms with Crippen molar-refractivity contribution in [2.24, 2.45) is 10.4 Å². The van der Waals surface area contributed by atoms with Crippen molar-refractivity contribution in [3.63, 3.8) is 0 Å². The number of hydrogen-bond donors (Lipinski definition) is 3. The summed E-state index contributed by atoms with van der Waals surface area (Å²) >= 11 is 0. The molecule has 7 nitrogen and oxygen atoms in total. The van der Waals surface area contributed by atoms with Crippen molar-refractivity contribution < 1.29 is 9.59 Å². The maximum Gasteiger partial charge on any atom is 0.324 e. The molecule has 1 heterocycles. The Hall–Kier alpha value is -1.06. The Bertz CT molecular complexity index is 447. The predicted molar refractivity (Wildman–Crippen MR) is 106 cm³/mol. The number of amides is 3. The quantitative estimate of drug-likeness (QED) is 0.238. The van der Waals surface area contributed by atoms with Crippen LogP contribution in [0.5, 0.6) is 0 Å². The largest absolute Gasteiger partial charge is 0.357 e. The first kappa shape index (κ1) is 21.0. The molecule has 1 saturated heterocycles. The van der Waals surface area contributed by atoms with Crippen molar-refractivity contribution in [1.82, 2.24) is 20.9 Å². The minimum absolute atomic E-state index is 0. The third-order valence-corrected chi connectivity index (χ3v) is 4.90. The van der Waals surface area contributed by atoms with E-state index in [9.17, 15) is 9.59 Å². The second-order valence-corrected chi connectivity index (χ2v) is 6.39. The van der Waals surface area contributed by atoms with Crippen LogP contribution in [0.3, 0.4) is 0 Å². The van der Waals surface area contributed by atoms with E-state index in [4.69, 9.17) is 4.99 Å². The molecule has 2 fully saturated rings. The summed E-state index contributed by atoms with van der Waals surface area (Å²) in [5.74, 6) is 0.592. The van der Waals surface area contributed by atoms with Gasteiger partial charge in [0.1, 0.15) is 0 Å². The average molecular weight is 451 g/mol. The Morgan fingerprint density at radius 1 is 1.25 bits per heavy atom. The summed E-state index contributed by atoms with van der Waals surface area (Å²) in [6.07, 6.45) is 6.29. The number of aliphatic imine (C=N–C) groups is 1. The van der Waals surface area contributed by atoms with Gasteiger partial charge >= 0.3 is 6.03 Å². The molecule has 0 radical (unpaired) electrons. The van der Waals surface area contributed by atoms with Crippen molar-refractivity contribution in [2.75, 3.05) is 32.7 Å². The number of urea groups is 1. The lowest BCUT2D eigenvalue weighted by Gasteiger charge is -2.25.